The van der Waals surface area contributed by atoms with E-state index in [2.05, 4.69) is 10.6 Å². The number of carboxylic acids is 1. The molecule has 1 fully saturated rings. The number of carbonyl (C=O) groups excluding carboxylic acids is 1. The van der Waals surface area contributed by atoms with Gasteiger partial charge in [-0.2, -0.15) is 0 Å². The van der Waals surface area contributed by atoms with Gasteiger partial charge in [-0.25, -0.2) is 0 Å². The third kappa shape index (κ3) is 4.26. The molecule has 0 aromatic rings. The molecular formula is C9H16N2O4. The lowest BCUT2D eigenvalue weighted by molar-refractivity contribution is -0.141. The molecule has 1 heterocycles. The topological polar surface area (TPSA) is 87.7 Å². The molecule has 1 rings (SSSR count). The first-order valence-electron chi connectivity index (χ1n) is 4.94. The predicted octanol–water partition coefficient (Wildman–Crippen LogP) is -1.05. The number of carboxylic acid groups (broad SMARTS) is 1. The summed E-state index contributed by atoms with van der Waals surface area (Å²) in [5.74, 6) is -1.33. The molecule has 2 atom stereocenters. The molecule has 0 aromatic heterocycles. The summed E-state index contributed by atoms with van der Waals surface area (Å²) in [6.45, 7) is 3.45. The van der Waals surface area contributed by atoms with Crippen LogP contribution in [0.25, 0.3) is 0 Å². The van der Waals surface area contributed by atoms with Crippen molar-refractivity contribution in [2.75, 3.05) is 19.7 Å². The smallest absolute Gasteiger partial charge is 0.325 e. The third-order valence-corrected chi connectivity index (χ3v) is 2.17. The molecule has 86 valence electrons. The van der Waals surface area contributed by atoms with Crippen molar-refractivity contribution in [1.82, 2.24) is 10.6 Å². The van der Waals surface area contributed by atoms with Crippen LogP contribution in [0.5, 0.6) is 0 Å². The molecule has 0 saturated carbocycles. The van der Waals surface area contributed by atoms with Crippen LogP contribution in [-0.2, 0) is 14.3 Å². The van der Waals surface area contributed by atoms with Crippen molar-refractivity contribution in [3.63, 3.8) is 0 Å². The maximum atomic E-state index is 11.3. The zero-order chi connectivity index (χ0) is 11.3. The van der Waals surface area contributed by atoms with Gasteiger partial charge >= 0.3 is 5.97 Å². The highest BCUT2D eigenvalue weighted by Gasteiger charge is 2.20. The van der Waals surface area contributed by atoms with E-state index >= 15 is 0 Å². The van der Waals surface area contributed by atoms with E-state index in [1.54, 1.807) is 0 Å². The van der Waals surface area contributed by atoms with Crippen molar-refractivity contribution >= 4 is 11.9 Å². The standard InChI is InChI=1S/C9H16N2O4/c1-6(9(13)14)11-8(12)4-7-5-10-2-3-15-7/h6-7,10H,2-5H2,1H3,(H,11,12)(H,13,14)/t6-,7?/m1/s1. The number of hydrogen-bond donors (Lipinski definition) is 3. The highest BCUT2D eigenvalue weighted by atomic mass is 16.5. The minimum atomic E-state index is -1.04. The van der Waals surface area contributed by atoms with Crippen LogP contribution in [0.15, 0.2) is 0 Å². The molecule has 0 bridgehead atoms. The van der Waals surface area contributed by atoms with Crippen LogP contribution in [0.1, 0.15) is 13.3 Å². The van der Waals surface area contributed by atoms with Crippen molar-refractivity contribution in [2.45, 2.75) is 25.5 Å². The average Bonchev–Trinajstić information content (AvgIpc) is 2.18. The molecule has 0 aliphatic carbocycles. The van der Waals surface area contributed by atoms with Gasteiger partial charge in [-0.05, 0) is 6.92 Å². The van der Waals surface area contributed by atoms with Gasteiger partial charge in [0.25, 0.3) is 0 Å². The lowest BCUT2D eigenvalue weighted by Gasteiger charge is -2.23. The second-order valence-electron chi connectivity index (χ2n) is 3.53. The van der Waals surface area contributed by atoms with E-state index in [1.165, 1.54) is 6.92 Å². The number of ether oxygens (including phenoxy) is 1. The van der Waals surface area contributed by atoms with E-state index in [4.69, 9.17) is 9.84 Å². The Kier molecular flexibility index (Phi) is 4.51. The molecule has 1 aliphatic rings. The van der Waals surface area contributed by atoms with Gasteiger partial charge in [0.05, 0.1) is 19.1 Å². The summed E-state index contributed by atoms with van der Waals surface area (Å²) in [5.41, 5.74) is 0. The van der Waals surface area contributed by atoms with Gasteiger partial charge in [0.15, 0.2) is 0 Å². The van der Waals surface area contributed by atoms with E-state index in [9.17, 15) is 9.59 Å². The quantitative estimate of drug-likeness (QED) is 0.558. The molecule has 3 N–H and O–H groups in total. The summed E-state index contributed by atoms with van der Waals surface area (Å²) in [7, 11) is 0. The first kappa shape index (κ1) is 11.9. The Morgan fingerprint density at radius 1 is 1.67 bits per heavy atom. The highest BCUT2D eigenvalue weighted by molar-refractivity contribution is 5.83. The first-order valence-corrected chi connectivity index (χ1v) is 4.94. The van der Waals surface area contributed by atoms with E-state index in [1.807, 2.05) is 0 Å². The zero-order valence-corrected chi connectivity index (χ0v) is 8.66. The molecule has 6 heteroatoms. The van der Waals surface area contributed by atoms with E-state index in [-0.39, 0.29) is 18.4 Å². The fraction of sp³-hybridized carbons (Fsp3) is 0.778. The van der Waals surface area contributed by atoms with Crippen LogP contribution in [0, 0.1) is 0 Å². The van der Waals surface area contributed by atoms with Gasteiger partial charge in [0, 0.05) is 13.1 Å². The van der Waals surface area contributed by atoms with E-state index < -0.39 is 12.0 Å². The number of amides is 1. The maximum Gasteiger partial charge on any atom is 0.325 e. The molecule has 6 nitrogen and oxygen atoms in total. The maximum absolute atomic E-state index is 11.3. The number of nitrogens with one attached hydrogen (secondary N) is 2. The monoisotopic (exact) mass is 216 g/mol. The molecule has 1 unspecified atom stereocenters. The Hall–Kier alpha value is -1.14. The van der Waals surface area contributed by atoms with Crippen molar-refractivity contribution in [2.24, 2.45) is 0 Å². The molecule has 1 amide bonds. The Labute approximate surface area is 88.0 Å². The molecule has 0 spiro atoms. The van der Waals surface area contributed by atoms with Gasteiger partial charge in [0.2, 0.25) is 5.91 Å². The van der Waals surface area contributed by atoms with Crippen LogP contribution < -0.4 is 10.6 Å². The Morgan fingerprint density at radius 2 is 2.40 bits per heavy atom. The van der Waals surface area contributed by atoms with Crippen molar-refractivity contribution in [3.05, 3.63) is 0 Å². The fourth-order valence-electron chi connectivity index (χ4n) is 1.32. The van der Waals surface area contributed by atoms with Gasteiger partial charge in [-0.1, -0.05) is 0 Å². The molecule has 1 aliphatic heterocycles. The van der Waals surface area contributed by atoms with Crippen LogP contribution in [0.2, 0.25) is 0 Å². The second-order valence-corrected chi connectivity index (χ2v) is 3.53. The Balaban J connectivity index is 2.25. The largest absolute Gasteiger partial charge is 0.480 e. The average molecular weight is 216 g/mol. The second kappa shape index (κ2) is 5.67. The lowest BCUT2D eigenvalue weighted by Crippen LogP contribution is -2.44. The number of rotatable bonds is 4. The minimum Gasteiger partial charge on any atom is -0.480 e. The molecule has 0 aromatic carbocycles. The number of morpholine rings is 1. The Bertz CT molecular complexity index is 238. The Morgan fingerprint density at radius 3 is 2.93 bits per heavy atom. The number of carbonyl (C=O) groups is 2. The third-order valence-electron chi connectivity index (χ3n) is 2.17. The van der Waals surface area contributed by atoms with Crippen LogP contribution in [0.3, 0.4) is 0 Å². The summed E-state index contributed by atoms with van der Waals surface area (Å²) < 4.78 is 5.32. The summed E-state index contributed by atoms with van der Waals surface area (Å²) >= 11 is 0. The van der Waals surface area contributed by atoms with Crippen molar-refractivity contribution < 1.29 is 19.4 Å². The van der Waals surface area contributed by atoms with E-state index in [0.717, 1.165) is 6.54 Å². The number of hydrogen-bond acceptors (Lipinski definition) is 4. The minimum absolute atomic E-state index is 0.153. The van der Waals surface area contributed by atoms with Crippen LogP contribution in [0.4, 0.5) is 0 Å². The van der Waals surface area contributed by atoms with Gasteiger partial charge < -0.3 is 20.5 Å². The first-order chi connectivity index (χ1) is 7.09. The summed E-state index contributed by atoms with van der Waals surface area (Å²) in [6, 6.07) is -0.853. The van der Waals surface area contributed by atoms with Gasteiger partial charge in [-0.15, -0.1) is 0 Å². The van der Waals surface area contributed by atoms with Gasteiger partial charge in [-0.3, -0.25) is 9.59 Å². The highest BCUT2D eigenvalue weighted by Crippen LogP contribution is 2.01. The molecule has 0 radical (unpaired) electrons. The summed E-state index contributed by atoms with van der Waals surface area (Å²) in [5, 5.41) is 14.1. The lowest BCUT2D eigenvalue weighted by atomic mass is 10.2. The summed E-state index contributed by atoms with van der Waals surface area (Å²) in [4.78, 5) is 21.8. The van der Waals surface area contributed by atoms with Gasteiger partial charge in [0.1, 0.15) is 6.04 Å². The molecule has 15 heavy (non-hydrogen) atoms. The fourth-order valence-corrected chi connectivity index (χ4v) is 1.32. The SMILES string of the molecule is C[C@@H](NC(=O)CC1CNCCO1)C(=O)O. The normalized spacial score (nSPS) is 23.1. The molecular weight excluding hydrogens is 200 g/mol. The molecule has 1 saturated heterocycles. The zero-order valence-electron chi connectivity index (χ0n) is 8.66. The predicted molar refractivity (Wildman–Crippen MR) is 52.5 cm³/mol. The van der Waals surface area contributed by atoms with Crippen molar-refractivity contribution in [3.8, 4) is 0 Å². The number of aliphatic carboxylic acids is 1. The van der Waals surface area contributed by atoms with Crippen LogP contribution in [-0.4, -0.2) is 48.8 Å². The van der Waals surface area contributed by atoms with Crippen molar-refractivity contribution in [1.29, 1.82) is 0 Å². The van der Waals surface area contributed by atoms with Crippen LogP contribution >= 0.6 is 0 Å². The van der Waals surface area contributed by atoms with E-state index in [0.29, 0.717) is 13.2 Å². The summed E-state index contributed by atoms with van der Waals surface area (Å²) in [6.07, 6.45) is 0.0460.